The van der Waals surface area contributed by atoms with Gasteiger partial charge in [-0.3, -0.25) is 4.79 Å². The summed E-state index contributed by atoms with van der Waals surface area (Å²) in [6.45, 7) is 3.18. The SMILES string of the molecule is Cc1cc(F)ccc1CCNC(=O)C1Cc2ccccc2CN1.Cl. The monoisotopic (exact) mass is 348 g/mol. The van der Waals surface area contributed by atoms with Crippen LogP contribution in [0.3, 0.4) is 0 Å². The summed E-state index contributed by atoms with van der Waals surface area (Å²) in [5.74, 6) is -0.195. The molecule has 1 aliphatic heterocycles. The third-order valence-electron chi connectivity index (χ3n) is 4.40. The van der Waals surface area contributed by atoms with Crippen molar-refractivity contribution in [2.45, 2.75) is 32.4 Å². The minimum absolute atomic E-state index is 0. The standard InChI is InChI=1S/C19H21FN2O.ClH/c1-13-10-17(20)7-6-14(13)8-9-21-19(23)18-11-15-4-2-3-5-16(15)12-22-18;/h2-7,10,18,22H,8-9,11-12H2,1H3,(H,21,23);1H. The minimum Gasteiger partial charge on any atom is -0.354 e. The first kappa shape index (κ1) is 18.4. The predicted molar refractivity (Wildman–Crippen MR) is 95.9 cm³/mol. The molecule has 128 valence electrons. The fraction of sp³-hybridized carbons (Fsp3) is 0.316. The molecule has 1 unspecified atom stereocenters. The lowest BCUT2D eigenvalue weighted by Gasteiger charge is -2.25. The molecular weight excluding hydrogens is 327 g/mol. The summed E-state index contributed by atoms with van der Waals surface area (Å²) in [5, 5.41) is 6.26. The number of nitrogens with one attached hydrogen (secondary N) is 2. The zero-order valence-electron chi connectivity index (χ0n) is 13.6. The number of halogens is 2. The van der Waals surface area contributed by atoms with Crippen molar-refractivity contribution in [2.75, 3.05) is 6.54 Å². The minimum atomic E-state index is -0.222. The summed E-state index contributed by atoms with van der Waals surface area (Å²) in [5.41, 5.74) is 4.48. The molecule has 1 heterocycles. The van der Waals surface area contributed by atoms with Gasteiger partial charge in [0.2, 0.25) is 5.91 Å². The van der Waals surface area contributed by atoms with E-state index >= 15 is 0 Å². The lowest BCUT2D eigenvalue weighted by Crippen LogP contribution is -2.48. The highest BCUT2D eigenvalue weighted by Gasteiger charge is 2.23. The molecule has 2 aromatic carbocycles. The third kappa shape index (κ3) is 4.34. The molecule has 1 amide bonds. The lowest BCUT2D eigenvalue weighted by molar-refractivity contribution is -0.123. The molecule has 0 aromatic heterocycles. The van der Waals surface area contributed by atoms with E-state index in [1.165, 1.54) is 23.3 Å². The maximum absolute atomic E-state index is 13.1. The van der Waals surface area contributed by atoms with Crippen LogP contribution in [0.15, 0.2) is 42.5 Å². The van der Waals surface area contributed by atoms with E-state index in [1.807, 2.05) is 19.1 Å². The number of hydrogen-bond donors (Lipinski definition) is 2. The van der Waals surface area contributed by atoms with Crippen LogP contribution in [0, 0.1) is 12.7 Å². The predicted octanol–water partition coefficient (Wildman–Crippen LogP) is 2.93. The van der Waals surface area contributed by atoms with Crippen LogP contribution in [0.1, 0.15) is 22.3 Å². The Labute approximate surface area is 148 Å². The first-order valence-electron chi connectivity index (χ1n) is 7.96. The van der Waals surface area contributed by atoms with Gasteiger partial charge in [0.05, 0.1) is 6.04 Å². The quantitative estimate of drug-likeness (QED) is 0.892. The molecule has 1 atom stereocenters. The maximum Gasteiger partial charge on any atom is 0.237 e. The summed E-state index contributed by atoms with van der Waals surface area (Å²) >= 11 is 0. The van der Waals surface area contributed by atoms with Gasteiger partial charge in [0.1, 0.15) is 5.82 Å². The van der Waals surface area contributed by atoms with E-state index in [1.54, 1.807) is 6.07 Å². The number of rotatable bonds is 4. The number of amides is 1. The highest BCUT2D eigenvalue weighted by Crippen LogP contribution is 2.16. The van der Waals surface area contributed by atoms with Gasteiger partial charge in [-0.15, -0.1) is 12.4 Å². The second-order valence-electron chi connectivity index (χ2n) is 6.02. The highest BCUT2D eigenvalue weighted by molar-refractivity contribution is 5.85. The van der Waals surface area contributed by atoms with Crippen LogP contribution in [-0.4, -0.2) is 18.5 Å². The maximum atomic E-state index is 13.1. The van der Waals surface area contributed by atoms with Crippen molar-refractivity contribution in [2.24, 2.45) is 0 Å². The zero-order valence-corrected chi connectivity index (χ0v) is 14.5. The Balaban J connectivity index is 0.00000208. The topological polar surface area (TPSA) is 41.1 Å². The molecule has 0 fully saturated rings. The Morgan fingerprint density at radius 2 is 2.00 bits per heavy atom. The molecule has 3 nitrogen and oxygen atoms in total. The van der Waals surface area contributed by atoms with Gasteiger partial charge in [-0.2, -0.15) is 0 Å². The van der Waals surface area contributed by atoms with Gasteiger partial charge >= 0.3 is 0 Å². The van der Waals surface area contributed by atoms with Gasteiger partial charge < -0.3 is 10.6 Å². The Kier molecular flexibility index (Phi) is 6.35. The molecule has 0 spiro atoms. The van der Waals surface area contributed by atoms with Gasteiger partial charge in [-0.25, -0.2) is 4.39 Å². The van der Waals surface area contributed by atoms with Crippen molar-refractivity contribution < 1.29 is 9.18 Å². The van der Waals surface area contributed by atoms with Crippen LogP contribution in [0.2, 0.25) is 0 Å². The van der Waals surface area contributed by atoms with Crippen LogP contribution in [0.4, 0.5) is 4.39 Å². The summed E-state index contributed by atoms with van der Waals surface area (Å²) in [7, 11) is 0. The molecule has 0 saturated carbocycles. The lowest BCUT2D eigenvalue weighted by atomic mass is 9.95. The van der Waals surface area contributed by atoms with Gasteiger partial charge in [0, 0.05) is 13.1 Å². The number of benzene rings is 2. The van der Waals surface area contributed by atoms with Crippen LogP contribution >= 0.6 is 12.4 Å². The fourth-order valence-electron chi connectivity index (χ4n) is 3.02. The Morgan fingerprint density at radius 1 is 1.25 bits per heavy atom. The van der Waals surface area contributed by atoms with Gasteiger partial charge in [0.25, 0.3) is 0 Å². The van der Waals surface area contributed by atoms with E-state index in [2.05, 4.69) is 22.8 Å². The van der Waals surface area contributed by atoms with Crippen LogP contribution in [0.5, 0.6) is 0 Å². The summed E-state index contributed by atoms with van der Waals surface area (Å²) in [6.07, 6.45) is 1.43. The zero-order chi connectivity index (χ0) is 16.2. The average Bonchev–Trinajstić information content (AvgIpc) is 2.56. The molecule has 2 aromatic rings. The van der Waals surface area contributed by atoms with Crippen molar-refractivity contribution in [3.8, 4) is 0 Å². The van der Waals surface area contributed by atoms with Gasteiger partial charge in [-0.1, -0.05) is 30.3 Å². The largest absolute Gasteiger partial charge is 0.354 e. The fourth-order valence-corrected chi connectivity index (χ4v) is 3.02. The molecule has 0 radical (unpaired) electrons. The highest BCUT2D eigenvalue weighted by atomic mass is 35.5. The van der Waals surface area contributed by atoms with Gasteiger partial charge in [-0.05, 0) is 54.2 Å². The van der Waals surface area contributed by atoms with Crippen molar-refractivity contribution in [1.82, 2.24) is 10.6 Å². The number of hydrogen-bond acceptors (Lipinski definition) is 2. The van der Waals surface area contributed by atoms with Crippen LogP contribution < -0.4 is 10.6 Å². The number of carbonyl (C=O) groups excluding carboxylic acids is 1. The molecule has 0 aliphatic carbocycles. The second-order valence-corrected chi connectivity index (χ2v) is 6.02. The van der Waals surface area contributed by atoms with Crippen molar-refractivity contribution in [3.05, 3.63) is 70.5 Å². The van der Waals surface area contributed by atoms with Crippen LogP contribution in [0.25, 0.3) is 0 Å². The second kappa shape index (κ2) is 8.27. The van der Waals surface area contributed by atoms with Crippen molar-refractivity contribution >= 4 is 18.3 Å². The first-order chi connectivity index (χ1) is 11.1. The van der Waals surface area contributed by atoms with E-state index in [4.69, 9.17) is 0 Å². The molecule has 0 saturated heterocycles. The summed E-state index contributed by atoms with van der Waals surface area (Å²) < 4.78 is 13.1. The summed E-state index contributed by atoms with van der Waals surface area (Å²) in [4.78, 5) is 12.3. The Bertz CT molecular complexity index is 720. The third-order valence-corrected chi connectivity index (χ3v) is 4.40. The Morgan fingerprint density at radius 3 is 2.75 bits per heavy atom. The van der Waals surface area contributed by atoms with Gasteiger partial charge in [0.15, 0.2) is 0 Å². The van der Waals surface area contributed by atoms with E-state index in [0.717, 1.165) is 24.1 Å². The molecule has 5 heteroatoms. The molecule has 1 aliphatic rings. The average molecular weight is 349 g/mol. The molecule has 0 bridgehead atoms. The van der Waals surface area contributed by atoms with Crippen molar-refractivity contribution in [1.29, 1.82) is 0 Å². The number of fused-ring (bicyclic) bond motifs is 1. The normalized spacial score (nSPS) is 16.0. The van der Waals surface area contributed by atoms with E-state index in [0.29, 0.717) is 13.0 Å². The molecule has 3 rings (SSSR count). The molecule has 2 N–H and O–H groups in total. The Hall–Kier alpha value is -1.91. The van der Waals surface area contributed by atoms with Crippen molar-refractivity contribution in [3.63, 3.8) is 0 Å². The molecule has 24 heavy (non-hydrogen) atoms. The number of aryl methyl sites for hydroxylation is 1. The van der Waals surface area contributed by atoms with E-state index in [-0.39, 0.29) is 30.2 Å². The molecular formula is C19H22ClFN2O. The van der Waals surface area contributed by atoms with E-state index < -0.39 is 0 Å². The smallest absolute Gasteiger partial charge is 0.237 e. The summed E-state index contributed by atoms with van der Waals surface area (Å²) in [6, 6.07) is 12.8. The van der Waals surface area contributed by atoms with E-state index in [9.17, 15) is 9.18 Å². The first-order valence-corrected chi connectivity index (χ1v) is 7.96. The number of carbonyl (C=O) groups is 1. The van der Waals surface area contributed by atoms with Crippen LogP contribution in [-0.2, 0) is 24.2 Å².